The van der Waals surface area contributed by atoms with E-state index in [0.717, 1.165) is 10.9 Å². The van der Waals surface area contributed by atoms with Crippen LogP contribution in [-0.2, 0) is 9.31 Å². The second-order valence-electron chi connectivity index (χ2n) is 7.86. The zero-order valence-corrected chi connectivity index (χ0v) is 17.1. The number of urea groups is 1. The summed E-state index contributed by atoms with van der Waals surface area (Å²) < 4.78 is 12.1. The minimum Gasteiger partial charge on any atom is -0.399 e. The highest BCUT2D eigenvalue weighted by Gasteiger charge is 2.51. The second kappa shape index (κ2) is 8.19. The summed E-state index contributed by atoms with van der Waals surface area (Å²) in [4.78, 5) is 12.2. The summed E-state index contributed by atoms with van der Waals surface area (Å²) in [6.07, 6.45) is 5.32. The normalized spacial score (nSPS) is 18.9. The molecule has 142 valence electrons. The van der Waals surface area contributed by atoms with Gasteiger partial charge >= 0.3 is 13.1 Å². The van der Waals surface area contributed by atoms with Crippen LogP contribution in [0, 0.1) is 0 Å². The zero-order chi connectivity index (χ0) is 20.2. The van der Waals surface area contributed by atoms with Gasteiger partial charge < -0.3 is 19.9 Å². The second-order valence-corrected chi connectivity index (χ2v) is 7.86. The number of allylic oxidation sites excluding steroid dienone is 4. The van der Waals surface area contributed by atoms with Crippen LogP contribution in [0.3, 0.4) is 0 Å². The number of nitrogens with one attached hydrogen (secondary N) is 2. The van der Waals surface area contributed by atoms with Gasteiger partial charge in [0.2, 0.25) is 0 Å². The molecule has 0 saturated carbocycles. The number of benzene rings is 1. The van der Waals surface area contributed by atoms with Crippen molar-refractivity contribution >= 4 is 32.1 Å². The Balaban J connectivity index is 2.00. The van der Waals surface area contributed by atoms with Gasteiger partial charge in [0.15, 0.2) is 0 Å². The van der Waals surface area contributed by atoms with Gasteiger partial charge in [-0.15, -0.1) is 5.47 Å². The first-order chi connectivity index (χ1) is 12.5. The maximum atomic E-state index is 12.2. The van der Waals surface area contributed by atoms with E-state index in [2.05, 4.69) is 17.2 Å². The Labute approximate surface area is 163 Å². The maximum absolute atomic E-state index is 12.2. The number of carbonyl (C=O) groups is 1. The van der Waals surface area contributed by atoms with Crippen LogP contribution in [0.1, 0.15) is 34.6 Å². The lowest BCUT2D eigenvalue weighted by atomic mass is 9.79. The molecule has 1 fully saturated rings. The number of hydrogen-bond acceptors (Lipinski definition) is 3. The fourth-order valence-corrected chi connectivity index (χ4v) is 2.41. The largest absolute Gasteiger partial charge is 0.494 e. The van der Waals surface area contributed by atoms with Gasteiger partial charge in [0, 0.05) is 11.4 Å². The zero-order valence-electron chi connectivity index (χ0n) is 17.1. The summed E-state index contributed by atoms with van der Waals surface area (Å²) in [5.41, 5.74) is 2.59. The van der Waals surface area contributed by atoms with Gasteiger partial charge in [0.05, 0.1) is 11.2 Å². The van der Waals surface area contributed by atoms with E-state index in [4.69, 9.17) is 9.31 Å². The summed E-state index contributed by atoms with van der Waals surface area (Å²) in [5.74, 6) is 0. The summed E-state index contributed by atoms with van der Waals surface area (Å²) >= 11 is 0. The topological polar surface area (TPSA) is 59.6 Å². The van der Waals surface area contributed by atoms with Crippen LogP contribution in [-0.4, -0.2) is 32.2 Å². The Hall–Kier alpha value is -2.24. The smallest absolute Gasteiger partial charge is 0.399 e. The first-order valence-corrected chi connectivity index (χ1v) is 9.05. The highest BCUT2D eigenvalue weighted by molar-refractivity contribution is 6.62. The van der Waals surface area contributed by atoms with Gasteiger partial charge in [-0.2, -0.15) is 0 Å². The molecule has 0 aliphatic carbocycles. The number of hydrogen-bond donors (Lipinski definition) is 2. The van der Waals surface area contributed by atoms with Crippen molar-refractivity contribution in [3.63, 3.8) is 0 Å². The van der Waals surface area contributed by atoms with Crippen LogP contribution in [0.2, 0.25) is 0 Å². The quantitative estimate of drug-likeness (QED) is 0.623. The third-order valence-electron chi connectivity index (χ3n) is 4.77. The number of amides is 2. The number of rotatable bonds is 5. The maximum Gasteiger partial charge on any atom is 0.494 e. The highest BCUT2D eigenvalue weighted by atomic mass is 16.7. The highest BCUT2D eigenvalue weighted by Crippen LogP contribution is 2.36. The molecule has 0 unspecified atom stereocenters. The monoisotopic (exact) mass is 366 g/mol. The van der Waals surface area contributed by atoms with E-state index in [9.17, 15) is 4.79 Å². The summed E-state index contributed by atoms with van der Waals surface area (Å²) in [7, 11) is 1.57. The standard InChI is InChI=1S/C20H28B2N2O3/c1-7-16(11-8-14(2)21)23-18(25)24-17-12-9-15(10-13-17)22-26-19(3,4)20(5,6)27-22/h7-13H,1,21H2,2-6H3,(H2,23,24,25)/b14-8+,16-11+. The molecule has 7 heteroatoms. The van der Waals surface area contributed by atoms with Crippen molar-refractivity contribution in [3.05, 3.63) is 60.2 Å². The van der Waals surface area contributed by atoms with Gasteiger partial charge in [0.25, 0.3) is 0 Å². The first kappa shape index (κ1) is 21.1. The minimum atomic E-state index is -0.419. The van der Waals surface area contributed by atoms with Crippen molar-refractivity contribution in [2.45, 2.75) is 45.8 Å². The predicted octanol–water partition coefficient (Wildman–Crippen LogP) is 2.71. The van der Waals surface area contributed by atoms with Crippen molar-refractivity contribution in [1.82, 2.24) is 5.32 Å². The minimum absolute atomic E-state index is 0.327. The van der Waals surface area contributed by atoms with E-state index < -0.39 is 7.12 Å². The average molecular weight is 366 g/mol. The third kappa shape index (κ3) is 5.37. The molecule has 1 aliphatic rings. The SMILES string of the molecule is B/C(C)=C/C=C(\C=C)NC(=O)Nc1ccc(B2OC(C)(C)C(C)(C)O2)cc1. The Morgan fingerprint density at radius 2 is 1.67 bits per heavy atom. The molecule has 0 atom stereocenters. The predicted molar refractivity (Wildman–Crippen MR) is 115 cm³/mol. The van der Waals surface area contributed by atoms with Crippen LogP contribution in [0.25, 0.3) is 0 Å². The van der Waals surface area contributed by atoms with E-state index >= 15 is 0 Å². The Morgan fingerprint density at radius 1 is 1.11 bits per heavy atom. The number of anilines is 1. The van der Waals surface area contributed by atoms with Gasteiger partial charge in [0.1, 0.15) is 7.85 Å². The van der Waals surface area contributed by atoms with Crippen molar-refractivity contribution < 1.29 is 14.1 Å². The van der Waals surface area contributed by atoms with Crippen molar-refractivity contribution in [1.29, 1.82) is 0 Å². The van der Waals surface area contributed by atoms with Crippen molar-refractivity contribution in [2.24, 2.45) is 0 Å². The molecule has 2 amide bonds. The average Bonchev–Trinajstić information content (AvgIpc) is 2.79. The molecule has 5 nitrogen and oxygen atoms in total. The molecule has 0 spiro atoms. The Bertz CT molecular complexity index is 748. The third-order valence-corrected chi connectivity index (χ3v) is 4.77. The number of carbonyl (C=O) groups excluding carboxylic acids is 1. The van der Waals surface area contributed by atoms with Crippen molar-refractivity contribution in [3.8, 4) is 0 Å². The lowest BCUT2D eigenvalue weighted by Crippen LogP contribution is -2.41. The van der Waals surface area contributed by atoms with Crippen LogP contribution >= 0.6 is 0 Å². The van der Waals surface area contributed by atoms with Crippen LogP contribution < -0.4 is 16.1 Å². The fourth-order valence-electron chi connectivity index (χ4n) is 2.41. The van der Waals surface area contributed by atoms with Crippen molar-refractivity contribution in [2.75, 3.05) is 5.32 Å². The molecule has 27 heavy (non-hydrogen) atoms. The van der Waals surface area contributed by atoms with Crippen LogP contribution in [0.15, 0.2) is 60.2 Å². The molecule has 0 aromatic heterocycles. The van der Waals surface area contributed by atoms with Gasteiger partial charge in [-0.1, -0.05) is 31.7 Å². The summed E-state index contributed by atoms with van der Waals surface area (Å²) in [6, 6.07) is 7.11. The summed E-state index contributed by atoms with van der Waals surface area (Å²) in [6.45, 7) is 13.8. The first-order valence-electron chi connectivity index (χ1n) is 9.05. The molecule has 1 aromatic carbocycles. The fraction of sp³-hybridized carbons (Fsp3) is 0.350. The Kier molecular flexibility index (Phi) is 6.39. The van der Waals surface area contributed by atoms with Gasteiger partial charge in [-0.3, -0.25) is 0 Å². The molecule has 1 aromatic rings. The molecule has 2 rings (SSSR count). The van der Waals surface area contributed by atoms with E-state index in [0.29, 0.717) is 11.4 Å². The van der Waals surface area contributed by atoms with E-state index in [1.54, 1.807) is 6.08 Å². The van der Waals surface area contributed by atoms with Gasteiger partial charge in [-0.05, 0) is 57.4 Å². The van der Waals surface area contributed by atoms with Crippen LogP contribution in [0.4, 0.5) is 10.5 Å². The van der Waals surface area contributed by atoms with Gasteiger partial charge in [-0.25, -0.2) is 4.79 Å². The van der Waals surface area contributed by atoms with E-state index in [1.807, 2.05) is 78.9 Å². The summed E-state index contributed by atoms with van der Waals surface area (Å²) in [5, 5.41) is 5.56. The van der Waals surface area contributed by atoms with Crippen LogP contribution in [0.5, 0.6) is 0 Å². The molecule has 1 aliphatic heterocycles. The van der Waals surface area contributed by atoms with E-state index in [1.165, 1.54) is 0 Å². The molecular weight excluding hydrogens is 338 g/mol. The Morgan fingerprint density at radius 3 is 2.15 bits per heavy atom. The molecular formula is C20H28B2N2O3. The molecule has 0 radical (unpaired) electrons. The lowest BCUT2D eigenvalue weighted by molar-refractivity contribution is 0.00578. The lowest BCUT2D eigenvalue weighted by Gasteiger charge is -2.32. The molecule has 0 bridgehead atoms. The molecule has 1 saturated heterocycles. The molecule has 2 N–H and O–H groups in total. The molecule has 1 heterocycles. The van der Waals surface area contributed by atoms with E-state index in [-0.39, 0.29) is 17.2 Å².